The Bertz CT molecular complexity index is 974. The smallest absolute Gasteiger partial charge is 0.330 e. The number of unbranched alkanes of at least 4 members (excludes halogenated alkanes) is 3. The van der Waals surface area contributed by atoms with Crippen LogP contribution in [0.3, 0.4) is 0 Å². The Morgan fingerprint density at radius 2 is 1.00 bits per heavy atom. The molecule has 1 fully saturated rings. The van der Waals surface area contributed by atoms with Crippen LogP contribution in [0.25, 0.3) is 0 Å². The molecule has 1 aliphatic rings. The zero-order valence-corrected chi connectivity index (χ0v) is 25.2. The summed E-state index contributed by atoms with van der Waals surface area (Å²) < 4.78 is 36.9. The minimum Gasteiger partial charge on any atom is -0.466 e. The topological polar surface area (TPSA) is 167 Å². The van der Waals surface area contributed by atoms with Crippen molar-refractivity contribution in [2.45, 2.75) is 88.9 Å². The molecule has 246 valence electrons. The van der Waals surface area contributed by atoms with Gasteiger partial charge in [0.2, 0.25) is 0 Å². The molecule has 0 amide bonds. The Balaban J connectivity index is 2.52. The maximum absolute atomic E-state index is 12.6. The molecule has 0 aromatic heterocycles. The van der Waals surface area contributed by atoms with Crippen LogP contribution in [0.4, 0.5) is 0 Å². The lowest BCUT2D eigenvalue weighted by Crippen LogP contribution is -2.46. The lowest BCUT2D eigenvalue weighted by Gasteiger charge is -2.35. The van der Waals surface area contributed by atoms with Gasteiger partial charge >= 0.3 is 35.8 Å². The van der Waals surface area contributed by atoms with Gasteiger partial charge in [0.05, 0.1) is 39.1 Å². The molecule has 13 heteroatoms. The van der Waals surface area contributed by atoms with E-state index in [9.17, 15) is 28.8 Å². The molecule has 0 radical (unpaired) electrons. The molecular formula is C31H44O13. The van der Waals surface area contributed by atoms with Gasteiger partial charge in [-0.3, -0.25) is 14.4 Å². The maximum atomic E-state index is 12.6. The van der Waals surface area contributed by atoms with Gasteiger partial charge in [0.1, 0.15) is 6.10 Å². The van der Waals surface area contributed by atoms with Gasteiger partial charge in [0.15, 0.2) is 6.10 Å². The molecule has 0 bridgehead atoms. The Morgan fingerprint density at radius 1 is 0.568 bits per heavy atom. The van der Waals surface area contributed by atoms with Gasteiger partial charge in [0.25, 0.3) is 0 Å². The third kappa shape index (κ3) is 18.5. The number of carbonyl (C=O) groups excluding carboxylic acids is 6. The largest absolute Gasteiger partial charge is 0.466 e. The van der Waals surface area contributed by atoms with Gasteiger partial charge in [-0.05, 0) is 38.5 Å². The number of hydrogen-bond acceptors (Lipinski definition) is 13. The molecule has 1 unspecified atom stereocenters. The van der Waals surface area contributed by atoms with Gasteiger partial charge in [0, 0.05) is 50.3 Å². The number of ether oxygens (including phenoxy) is 7. The molecule has 0 aromatic carbocycles. The molecule has 13 nitrogen and oxygen atoms in total. The standard InChI is InChI=1S/C31H44O13/c1-4-26(32)38-17-10-7-13-29(35)41-20-16-23-21-24(43-30(36)14-8-11-18-39-27(33)5-2)25(22-42-23)44-31(37)15-9-12-19-40-28(34)6-3/h4-6,23-25H,1-3,7-22H2/t23?,24-,25+/m0/s1. The van der Waals surface area contributed by atoms with Gasteiger partial charge in [-0.2, -0.15) is 0 Å². The number of carbonyl (C=O) groups is 6. The highest BCUT2D eigenvalue weighted by atomic mass is 16.6. The predicted octanol–water partition coefficient (Wildman–Crippen LogP) is 3.23. The Morgan fingerprint density at radius 3 is 1.45 bits per heavy atom. The SMILES string of the molecule is C=CC(=O)OCCCCC(=O)OCCC1C[C@H](OC(=O)CCCCOC(=O)C=C)[C@H](OC(=O)CCCCOC(=O)C=C)CO1. The third-order valence-corrected chi connectivity index (χ3v) is 6.23. The second-order valence-electron chi connectivity index (χ2n) is 9.74. The van der Waals surface area contributed by atoms with E-state index in [1.54, 1.807) is 0 Å². The van der Waals surface area contributed by atoms with E-state index in [1.165, 1.54) is 0 Å². The van der Waals surface area contributed by atoms with Crippen LogP contribution in [-0.4, -0.2) is 87.2 Å². The van der Waals surface area contributed by atoms with Crippen molar-refractivity contribution in [2.24, 2.45) is 0 Å². The highest BCUT2D eigenvalue weighted by Gasteiger charge is 2.36. The minimum atomic E-state index is -0.826. The molecule has 1 rings (SSSR count). The van der Waals surface area contributed by atoms with E-state index in [1.807, 2.05) is 0 Å². The van der Waals surface area contributed by atoms with Crippen LogP contribution in [0.2, 0.25) is 0 Å². The van der Waals surface area contributed by atoms with Crippen molar-refractivity contribution in [3.63, 3.8) is 0 Å². The first-order valence-corrected chi connectivity index (χ1v) is 14.7. The summed E-state index contributed by atoms with van der Waals surface area (Å²) in [6.45, 7) is 10.5. The summed E-state index contributed by atoms with van der Waals surface area (Å²) in [5.41, 5.74) is 0. The molecule has 1 aliphatic heterocycles. The summed E-state index contributed by atoms with van der Waals surface area (Å²) >= 11 is 0. The van der Waals surface area contributed by atoms with Crippen molar-refractivity contribution in [1.29, 1.82) is 0 Å². The quantitative estimate of drug-likeness (QED) is 0.0704. The van der Waals surface area contributed by atoms with E-state index in [0.29, 0.717) is 44.9 Å². The van der Waals surface area contributed by atoms with Gasteiger partial charge in [-0.25, -0.2) is 14.4 Å². The van der Waals surface area contributed by atoms with E-state index in [-0.39, 0.29) is 58.7 Å². The van der Waals surface area contributed by atoms with Crippen LogP contribution >= 0.6 is 0 Å². The molecular weight excluding hydrogens is 580 g/mol. The monoisotopic (exact) mass is 624 g/mol. The number of hydrogen-bond donors (Lipinski definition) is 0. The van der Waals surface area contributed by atoms with Gasteiger partial charge in [-0.15, -0.1) is 0 Å². The van der Waals surface area contributed by atoms with Crippen molar-refractivity contribution in [2.75, 3.05) is 33.0 Å². The van der Waals surface area contributed by atoms with Crippen molar-refractivity contribution in [3.8, 4) is 0 Å². The molecule has 1 saturated heterocycles. The summed E-state index contributed by atoms with van der Waals surface area (Å²) in [4.78, 5) is 70.3. The van der Waals surface area contributed by atoms with Crippen molar-refractivity contribution >= 4 is 35.8 Å². The van der Waals surface area contributed by atoms with Gasteiger partial charge in [-0.1, -0.05) is 19.7 Å². The molecule has 0 saturated carbocycles. The summed E-state index contributed by atoms with van der Waals surface area (Å²) in [5.74, 6) is -3.01. The fourth-order valence-electron chi connectivity index (χ4n) is 3.89. The average Bonchev–Trinajstić information content (AvgIpc) is 3.01. The zero-order valence-electron chi connectivity index (χ0n) is 25.2. The summed E-state index contributed by atoms with van der Waals surface area (Å²) in [6.07, 6.45) is 4.81. The van der Waals surface area contributed by atoms with Crippen molar-refractivity contribution in [1.82, 2.24) is 0 Å². The number of rotatable bonds is 23. The Hall–Kier alpha value is -4.00. The number of esters is 6. The fraction of sp³-hybridized carbons (Fsp3) is 0.613. The minimum absolute atomic E-state index is 0.0137. The maximum Gasteiger partial charge on any atom is 0.330 e. The first-order chi connectivity index (χ1) is 21.2. The van der Waals surface area contributed by atoms with E-state index < -0.39 is 54.1 Å². The van der Waals surface area contributed by atoms with Crippen LogP contribution in [0.15, 0.2) is 38.0 Å². The first kappa shape index (κ1) is 38.0. The zero-order chi connectivity index (χ0) is 32.6. The van der Waals surface area contributed by atoms with Crippen LogP contribution in [0, 0.1) is 0 Å². The molecule has 0 aliphatic carbocycles. The van der Waals surface area contributed by atoms with Crippen LogP contribution in [-0.2, 0) is 61.9 Å². The summed E-state index contributed by atoms with van der Waals surface area (Å²) in [5, 5.41) is 0. The molecule has 1 heterocycles. The molecule has 44 heavy (non-hydrogen) atoms. The Kier molecular flexibility index (Phi) is 20.3. The lowest BCUT2D eigenvalue weighted by molar-refractivity contribution is -0.191. The van der Waals surface area contributed by atoms with Crippen LogP contribution in [0.5, 0.6) is 0 Å². The Labute approximate surface area is 257 Å². The highest BCUT2D eigenvalue weighted by Crippen LogP contribution is 2.24. The second kappa shape index (κ2) is 23.5. The van der Waals surface area contributed by atoms with E-state index in [2.05, 4.69) is 19.7 Å². The molecule has 3 atom stereocenters. The normalized spacial score (nSPS) is 17.3. The summed E-state index contributed by atoms with van der Waals surface area (Å²) in [6, 6.07) is 0. The second-order valence-corrected chi connectivity index (χ2v) is 9.74. The first-order valence-electron chi connectivity index (χ1n) is 14.7. The third-order valence-electron chi connectivity index (χ3n) is 6.23. The summed E-state index contributed by atoms with van der Waals surface area (Å²) in [7, 11) is 0. The predicted molar refractivity (Wildman–Crippen MR) is 155 cm³/mol. The van der Waals surface area contributed by atoms with E-state index in [0.717, 1.165) is 18.2 Å². The van der Waals surface area contributed by atoms with E-state index >= 15 is 0 Å². The van der Waals surface area contributed by atoms with E-state index in [4.69, 9.17) is 33.2 Å². The van der Waals surface area contributed by atoms with Gasteiger partial charge < -0.3 is 33.2 Å². The van der Waals surface area contributed by atoms with Crippen molar-refractivity contribution in [3.05, 3.63) is 38.0 Å². The lowest BCUT2D eigenvalue weighted by atomic mass is 10.0. The molecule has 0 aromatic rings. The van der Waals surface area contributed by atoms with Crippen LogP contribution in [0.1, 0.15) is 70.6 Å². The van der Waals surface area contributed by atoms with Crippen molar-refractivity contribution < 1.29 is 61.9 Å². The fourth-order valence-corrected chi connectivity index (χ4v) is 3.89. The molecule has 0 spiro atoms. The highest BCUT2D eigenvalue weighted by molar-refractivity contribution is 5.81. The van der Waals surface area contributed by atoms with Crippen LogP contribution < -0.4 is 0 Å². The average molecular weight is 625 g/mol. The molecule has 0 N–H and O–H groups in total.